The van der Waals surface area contributed by atoms with E-state index in [-0.39, 0.29) is 5.91 Å². The number of carbonyl (C=O) groups is 1. The SMILES string of the molecule is COc1ccc(C(=O)N=c2sc3c4ccccc4ccc3n2C)cc1. The van der Waals surface area contributed by atoms with Crippen molar-refractivity contribution in [2.75, 3.05) is 7.11 Å². The summed E-state index contributed by atoms with van der Waals surface area (Å²) in [6.07, 6.45) is 0. The van der Waals surface area contributed by atoms with E-state index in [9.17, 15) is 4.79 Å². The minimum atomic E-state index is -0.255. The van der Waals surface area contributed by atoms with Gasteiger partial charge in [0, 0.05) is 18.0 Å². The number of hydrogen-bond donors (Lipinski definition) is 0. The van der Waals surface area contributed by atoms with Crippen LogP contribution in [0.2, 0.25) is 0 Å². The normalized spacial score (nSPS) is 12.0. The van der Waals surface area contributed by atoms with Gasteiger partial charge in [-0.2, -0.15) is 4.99 Å². The molecule has 4 rings (SSSR count). The van der Waals surface area contributed by atoms with Crippen LogP contribution in [-0.2, 0) is 7.05 Å². The lowest BCUT2D eigenvalue weighted by atomic mass is 10.1. The maximum atomic E-state index is 12.5. The number of rotatable bonds is 2. The number of carbonyl (C=O) groups excluding carboxylic acids is 1. The summed E-state index contributed by atoms with van der Waals surface area (Å²) in [4.78, 5) is 17.5. The van der Waals surface area contributed by atoms with Gasteiger partial charge in [-0.1, -0.05) is 41.7 Å². The first-order chi connectivity index (χ1) is 12.2. The van der Waals surface area contributed by atoms with Gasteiger partial charge in [0.05, 0.1) is 17.3 Å². The maximum absolute atomic E-state index is 12.5. The molecule has 1 aromatic heterocycles. The third kappa shape index (κ3) is 2.72. The molecule has 0 saturated carbocycles. The highest BCUT2D eigenvalue weighted by Gasteiger charge is 2.09. The van der Waals surface area contributed by atoms with E-state index in [1.165, 1.54) is 22.1 Å². The lowest BCUT2D eigenvalue weighted by molar-refractivity contribution is 0.0998. The summed E-state index contributed by atoms with van der Waals surface area (Å²) in [5.74, 6) is 0.463. The highest BCUT2D eigenvalue weighted by molar-refractivity contribution is 7.17. The van der Waals surface area contributed by atoms with Crippen molar-refractivity contribution in [3.05, 3.63) is 71.0 Å². The number of amides is 1. The van der Waals surface area contributed by atoms with Crippen molar-refractivity contribution in [1.29, 1.82) is 0 Å². The standard InChI is InChI=1S/C20H16N2O2S/c1-22-17-12-9-13-5-3-4-6-16(13)18(17)25-20(22)21-19(23)14-7-10-15(24-2)11-8-14/h3-12H,1-2H3. The molecule has 0 atom stereocenters. The van der Waals surface area contributed by atoms with E-state index < -0.39 is 0 Å². The molecule has 0 spiro atoms. The Kier molecular flexibility index (Phi) is 3.86. The molecule has 5 heteroatoms. The van der Waals surface area contributed by atoms with Crippen molar-refractivity contribution in [1.82, 2.24) is 4.57 Å². The van der Waals surface area contributed by atoms with Crippen LogP contribution in [0.3, 0.4) is 0 Å². The van der Waals surface area contributed by atoms with Crippen LogP contribution in [-0.4, -0.2) is 17.6 Å². The van der Waals surface area contributed by atoms with Crippen LogP contribution in [0.25, 0.3) is 21.0 Å². The van der Waals surface area contributed by atoms with E-state index in [2.05, 4.69) is 29.3 Å². The maximum Gasteiger partial charge on any atom is 0.279 e. The van der Waals surface area contributed by atoms with Crippen molar-refractivity contribution >= 4 is 38.2 Å². The smallest absolute Gasteiger partial charge is 0.279 e. The fourth-order valence-electron chi connectivity index (χ4n) is 2.85. The number of aromatic nitrogens is 1. The van der Waals surface area contributed by atoms with Gasteiger partial charge >= 0.3 is 0 Å². The van der Waals surface area contributed by atoms with Gasteiger partial charge in [-0.25, -0.2) is 0 Å². The van der Waals surface area contributed by atoms with Gasteiger partial charge in [0.2, 0.25) is 0 Å². The van der Waals surface area contributed by atoms with Crippen molar-refractivity contribution in [2.24, 2.45) is 12.0 Å². The first kappa shape index (κ1) is 15.6. The first-order valence-corrected chi connectivity index (χ1v) is 8.69. The van der Waals surface area contributed by atoms with E-state index in [1.807, 2.05) is 23.7 Å². The zero-order valence-electron chi connectivity index (χ0n) is 13.9. The molecule has 4 nitrogen and oxygen atoms in total. The van der Waals surface area contributed by atoms with E-state index in [0.717, 1.165) is 16.0 Å². The second-order valence-electron chi connectivity index (χ2n) is 5.72. The molecule has 0 N–H and O–H groups in total. The van der Waals surface area contributed by atoms with Gasteiger partial charge in [0.25, 0.3) is 5.91 Å². The number of hydrogen-bond acceptors (Lipinski definition) is 3. The van der Waals surface area contributed by atoms with Gasteiger partial charge in [-0.05, 0) is 35.7 Å². The first-order valence-electron chi connectivity index (χ1n) is 7.88. The number of thiazole rings is 1. The summed E-state index contributed by atoms with van der Waals surface area (Å²) in [5.41, 5.74) is 1.62. The third-order valence-electron chi connectivity index (χ3n) is 4.23. The summed E-state index contributed by atoms with van der Waals surface area (Å²) in [6, 6.07) is 19.4. The van der Waals surface area contributed by atoms with Crippen LogP contribution >= 0.6 is 11.3 Å². The molecule has 0 aliphatic rings. The molecule has 0 aliphatic carbocycles. The lowest BCUT2D eigenvalue weighted by Gasteiger charge is -2.00. The highest BCUT2D eigenvalue weighted by atomic mass is 32.1. The Balaban J connectivity index is 1.85. The van der Waals surface area contributed by atoms with E-state index in [0.29, 0.717) is 10.4 Å². The fourth-order valence-corrected chi connectivity index (χ4v) is 4.00. The number of ether oxygens (including phenoxy) is 1. The van der Waals surface area contributed by atoms with Gasteiger partial charge < -0.3 is 9.30 Å². The van der Waals surface area contributed by atoms with Crippen LogP contribution in [0.5, 0.6) is 5.75 Å². The molecule has 25 heavy (non-hydrogen) atoms. The zero-order chi connectivity index (χ0) is 17.4. The number of fused-ring (bicyclic) bond motifs is 3. The number of methoxy groups -OCH3 is 1. The average molecular weight is 348 g/mol. The summed E-state index contributed by atoms with van der Waals surface area (Å²) < 4.78 is 8.23. The van der Waals surface area contributed by atoms with Crippen LogP contribution < -0.4 is 9.54 Å². The van der Waals surface area contributed by atoms with Gasteiger partial charge in [0.1, 0.15) is 5.75 Å². The Morgan fingerprint density at radius 2 is 1.80 bits per heavy atom. The highest BCUT2D eigenvalue weighted by Crippen LogP contribution is 2.27. The predicted molar refractivity (Wildman–Crippen MR) is 101 cm³/mol. The quantitative estimate of drug-likeness (QED) is 0.546. The van der Waals surface area contributed by atoms with Gasteiger partial charge in [-0.15, -0.1) is 0 Å². The largest absolute Gasteiger partial charge is 0.497 e. The van der Waals surface area contributed by atoms with Crippen molar-refractivity contribution in [2.45, 2.75) is 0 Å². The molecule has 0 fully saturated rings. The molecule has 0 unspecified atom stereocenters. The van der Waals surface area contributed by atoms with E-state index in [4.69, 9.17) is 4.74 Å². The van der Waals surface area contributed by atoms with Gasteiger partial charge in [-0.3, -0.25) is 4.79 Å². The Hall–Kier alpha value is -2.92. The summed E-state index contributed by atoms with van der Waals surface area (Å²) in [7, 11) is 3.54. The lowest BCUT2D eigenvalue weighted by Crippen LogP contribution is -2.13. The predicted octanol–water partition coefficient (Wildman–Crippen LogP) is 4.14. The number of benzene rings is 3. The molecule has 1 heterocycles. The summed E-state index contributed by atoms with van der Waals surface area (Å²) >= 11 is 1.53. The Labute approximate surface area is 148 Å². The van der Waals surface area contributed by atoms with Crippen molar-refractivity contribution in [3.63, 3.8) is 0 Å². The van der Waals surface area contributed by atoms with Crippen molar-refractivity contribution < 1.29 is 9.53 Å². The molecule has 4 aromatic rings. The average Bonchev–Trinajstić information content (AvgIpc) is 2.98. The molecular weight excluding hydrogens is 332 g/mol. The molecule has 124 valence electrons. The van der Waals surface area contributed by atoms with Crippen LogP contribution in [0.4, 0.5) is 0 Å². The molecule has 3 aromatic carbocycles. The van der Waals surface area contributed by atoms with E-state index in [1.54, 1.807) is 31.4 Å². The van der Waals surface area contributed by atoms with Crippen LogP contribution in [0, 0.1) is 0 Å². The summed E-state index contributed by atoms with van der Waals surface area (Å²) in [5, 5.41) is 2.36. The number of nitrogens with zero attached hydrogens (tertiary/aromatic N) is 2. The molecule has 1 amide bonds. The van der Waals surface area contributed by atoms with Gasteiger partial charge in [0.15, 0.2) is 4.80 Å². The fraction of sp³-hybridized carbons (Fsp3) is 0.100. The van der Waals surface area contributed by atoms with E-state index >= 15 is 0 Å². The Morgan fingerprint density at radius 3 is 2.56 bits per heavy atom. The third-order valence-corrected chi connectivity index (χ3v) is 5.42. The monoisotopic (exact) mass is 348 g/mol. The Morgan fingerprint density at radius 1 is 1.04 bits per heavy atom. The molecule has 0 bridgehead atoms. The summed E-state index contributed by atoms with van der Waals surface area (Å²) in [6.45, 7) is 0. The number of aryl methyl sites for hydroxylation is 1. The van der Waals surface area contributed by atoms with Crippen molar-refractivity contribution in [3.8, 4) is 5.75 Å². The minimum Gasteiger partial charge on any atom is -0.497 e. The van der Waals surface area contributed by atoms with Crippen LogP contribution in [0.1, 0.15) is 10.4 Å². The minimum absolute atomic E-state index is 0.255. The topological polar surface area (TPSA) is 43.6 Å². The molecule has 0 saturated heterocycles. The molecule has 0 aliphatic heterocycles. The molecular formula is C20H16N2O2S. The van der Waals surface area contributed by atoms with Crippen LogP contribution in [0.15, 0.2) is 65.7 Å². The Bertz CT molecular complexity index is 1150. The zero-order valence-corrected chi connectivity index (χ0v) is 14.7. The second kappa shape index (κ2) is 6.18. The molecule has 0 radical (unpaired) electrons. The second-order valence-corrected chi connectivity index (χ2v) is 6.70.